The summed E-state index contributed by atoms with van der Waals surface area (Å²) in [4.78, 5) is 22.9. The third kappa shape index (κ3) is 6.19. The van der Waals surface area contributed by atoms with E-state index >= 15 is 0 Å². The smallest absolute Gasteiger partial charge is 0.344 e. The molecule has 10 heteroatoms. The Hall–Kier alpha value is -3.11. The van der Waals surface area contributed by atoms with Gasteiger partial charge in [0.25, 0.3) is 0 Å². The first-order chi connectivity index (χ1) is 14.1. The van der Waals surface area contributed by atoms with E-state index in [1.165, 1.54) is 13.0 Å². The summed E-state index contributed by atoms with van der Waals surface area (Å²) >= 11 is 0. The summed E-state index contributed by atoms with van der Waals surface area (Å²) in [6.07, 6.45) is 0.245. The normalized spacial score (nSPS) is 12.1. The number of esters is 1. The third-order valence-electron chi connectivity index (χ3n) is 4.04. The Balaban J connectivity index is 2.57. The number of carbonyl (C=O) groups is 2. The molecule has 0 aliphatic carbocycles. The molecule has 0 aromatic heterocycles. The van der Waals surface area contributed by atoms with E-state index in [9.17, 15) is 18.0 Å². The van der Waals surface area contributed by atoms with E-state index in [0.717, 1.165) is 18.9 Å². The molecule has 0 fully saturated rings. The van der Waals surface area contributed by atoms with E-state index in [1.807, 2.05) is 6.92 Å². The van der Waals surface area contributed by atoms with Crippen molar-refractivity contribution in [3.8, 4) is 11.5 Å². The fraction of sp³-hybridized carbons (Fsp3) is 0.300. The molecule has 2 rings (SSSR count). The summed E-state index contributed by atoms with van der Waals surface area (Å²) in [5.74, 6) is -2.03. The predicted molar refractivity (Wildman–Crippen MR) is 110 cm³/mol. The van der Waals surface area contributed by atoms with Crippen molar-refractivity contribution < 1.29 is 32.6 Å². The van der Waals surface area contributed by atoms with E-state index in [0.29, 0.717) is 12.3 Å². The molecule has 0 saturated heterocycles. The second-order valence-corrected chi connectivity index (χ2v) is 8.01. The van der Waals surface area contributed by atoms with Gasteiger partial charge in [-0.25, -0.2) is 23.1 Å². The van der Waals surface area contributed by atoms with E-state index in [-0.39, 0.29) is 17.0 Å². The van der Waals surface area contributed by atoms with Crippen LogP contribution in [0.25, 0.3) is 0 Å². The highest BCUT2D eigenvalue weighted by Gasteiger charge is 2.25. The molecule has 9 nitrogen and oxygen atoms in total. The minimum atomic E-state index is -4.30. The fourth-order valence-corrected chi connectivity index (χ4v) is 3.15. The Kier molecular flexibility index (Phi) is 7.79. The minimum Gasteiger partial charge on any atom is -0.479 e. The molecular formula is C20H24N2O7S. The van der Waals surface area contributed by atoms with Crippen molar-refractivity contribution in [1.82, 2.24) is 0 Å². The van der Waals surface area contributed by atoms with Gasteiger partial charge in [-0.15, -0.1) is 0 Å². The summed E-state index contributed by atoms with van der Waals surface area (Å²) in [6.45, 7) is 3.66. The molecule has 30 heavy (non-hydrogen) atoms. The van der Waals surface area contributed by atoms with Crippen LogP contribution < -0.4 is 15.2 Å². The van der Waals surface area contributed by atoms with Gasteiger partial charge in [-0.05, 0) is 37.6 Å². The van der Waals surface area contributed by atoms with Crippen molar-refractivity contribution in [3.05, 3.63) is 48.0 Å². The van der Waals surface area contributed by atoms with Crippen LogP contribution in [0.5, 0.6) is 11.5 Å². The van der Waals surface area contributed by atoms with E-state index in [2.05, 4.69) is 5.32 Å². The Labute approximate surface area is 174 Å². The van der Waals surface area contributed by atoms with Crippen LogP contribution in [-0.2, 0) is 19.6 Å². The van der Waals surface area contributed by atoms with Crippen molar-refractivity contribution in [2.24, 2.45) is 5.14 Å². The van der Waals surface area contributed by atoms with Crippen LogP contribution in [0.2, 0.25) is 0 Å². The van der Waals surface area contributed by atoms with Crippen LogP contribution in [-0.4, -0.2) is 38.1 Å². The minimum absolute atomic E-state index is 0.0670. The predicted octanol–water partition coefficient (Wildman–Crippen LogP) is 2.97. The molecule has 0 saturated carbocycles. The highest BCUT2D eigenvalue weighted by Crippen LogP contribution is 2.37. The third-order valence-corrected chi connectivity index (χ3v) is 4.95. The van der Waals surface area contributed by atoms with Crippen LogP contribution >= 0.6 is 0 Å². The highest BCUT2D eigenvalue weighted by atomic mass is 32.2. The molecule has 4 N–H and O–H groups in total. The van der Waals surface area contributed by atoms with E-state index in [1.54, 1.807) is 30.3 Å². The number of para-hydroxylation sites is 1. The Morgan fingerprint density at radius 1 is 1.20 bits per heavy atom. The van der Waals surface area contributed by atoms with Gasteiger partial charge in [-0.2, -0.15) is 0 Å². The van der Waals surface area contributed by atoms with Gasteiger partial charge in [0.05, 0.1) is 11.3 Å². The lowest BCUT2D eigenvalue weighted by Gasteiger charge is -2.18. The van der Waals surface area contributed by atoms with Gasteiger partial charge in [-0.3, -0.25) is 0 Å². The number of primary sulfonamides is 1. The molecular weight excluding hydrogens is 412 g/mol. The lowest BCUT2D eigenvalue weighted by molar-refractivity contribution is -0.146. The Bertz CT molecular complexity index is 1010. The van der Waals surface area contributed by atoms with Crippen molar-refractivity contribution >= 4 is 27.6 Å². The van der Waals surface area contributed by atoms with E-state index in [4.69, 9.17) is 19.7 Å². The quantitative estimate of drug-likeness (QED) is 0.381. The van der Waals surface area contributed by atoms with Crippen LogP contribution in [0.15, 0.2) is 47.4 Å². The van der Waals surface area contributed by atoms with Gasteiger partial charge < -0.3 is 19.9 Å². The molecule has 0 bridgehead atoms. The summed E-state index contributed by atoms with van der Waals surface area (Å²) < 4.78 is 35.2. The number of benzene rings is 2. The zero-order chi connectivity index (χ0) is 22.3. The first-order valence-corrected chi connectivity index (χ1v) is 10.8. The number of nitrogens with two attached hydrogens (primary N) is 1. The molecule has 0 spiro atoms. The van der Waals surface area contributed by atoms with Crippen molar-refractivity contribution in [3.63, 3.8) is 0 Å². The number of sulfonamides is 1. The second kappa shape index (κ2) is 10.1. The van der Waals surface area contributed by atoms with Crippen molar-refractivity contribution in [2.75, 3.05) is 11.9 Å². The van der Waals surface area contributed by atoms with Crippen LogP contribution in [0.1, 0.15) is 37.0 Å². The standard InChI is InChI=1S/C20H24N2O7S/c1-3-4-10-22-16-11-14(20(25)28-13(2)19(23)24)12-17(30(21,26)27)18(16)29-15-8-6-5-7-9-15/h5-9,11-13,22H,3-4,10H2,1-2H3,(H,23,24)(H2,21,26,27). The average Bonchev–Trinajstić information content (AvgIpc) is 2.68. The number of carboxylic acid groups (broad SMARTS) is 1. The van der Waals surface area contributed by atoms with Gasteiger partial charge in [0.1, 0.15) is 10.6 Å². The first kappa shape index (κ1) is 23.2. The maximum absolute atomic E-state index is 12.4. The largest absolute Gasteiger partial charge is 0.479 e. The van der Waals surface area contributed by atoms with Crippen molar-refractivity contribution in [2.45, 2.75) is 37.7 Å². The Morgan fingerprint density at radius 3 is 2.43 bits per heavy atom. The van der Waals surface area contributed by atoms with Crippen LogP contribution in [0.3, 0.4) is 0 Å². The second-order valence-electron chi connectivity index (χ2n) is 6.48. The lowest BCUT2D eigenvalue weighted by Crippen LogP contribution is -2.24. The molecule has 1 atom stereocenters. The van der Waals surface area contributed by atoms with Crippen molar-refractivity contribution in [1.29, 1.82) is 0 Å². The topological polar surface area (TPSA) is 145 Å². The highest BCUT2D eigenvalue weighted by molar-refractivity contribution is 7.89. The molecule has 1 unspecified atom stereocenters. The summed E-state index contributed by atoms with van der Waals surface area (Å²) in [5, 5.41) is 17.4. The first-order valence-electron chi connectivity index (χ1n) is 9.25. The number of carbonyl (C=O) groups excluding carboxylic acids is 1. The van der Waals surface area contributed by atoms with Gasteiger partial charge in [0.2, 0.25) is 10.0 Å². The number of aliphatic carboxylic acids is 1. The summed E-state index contributed by atoms with van der Waals surface area (Å²) in [5.41, 5.74) is 0.0419. The summed E-state index contributed by atoms with van der Waals surface area (Å²) in [6, 6.07) is 10.8. The molecule has 0 aliphatic heterocycles. The summed E-state index contributed by atoms with van der Waals surface area (Å²) in [7, 11) is -4.30. The molecule has 162 valence electrons. The van der Waals surface area contributed by atoms with E-state index < -0.39 is 33.0 Å². The molecule has 0 heterocycles. The SMILES string of the molecule is CCCCNc1cc(C(=O)OC(C)C(=O)O)cc(S(N)(=O)=O)c1Oc1ccccc1. The number of unbranched alkanes of at least 4 members (excludes halogenated alkanes) is 1. The number of ether oxygens (including phenoxy) is 2. The molecule has 2 aromatic rings. The fourth-order valence-electron chi connectivity index (χ4n) is 2.45. The molecule has 0 radical (unpaired) electrons. The lowest BCUT2D eigenvalue weighted by atomic mass is 10.1. The number of nitrogens with one attached hydrogen (secondary N) is 1. The average molecular weight is 436 g/mol. The number of hydrogen-bond acceptors (Lipinski definition) is 7. The van der Waals surface area contributed by atoms with Crippen LogP contribution in [0, 0.1) is 0 Å². The van der Waals surface area contributed by atoms with Gasteiger partial charge in [-0.1, -0.05) is 31.5 Å². The van der Waals surface area contributed by atoms with Gasteiger partial charge >= 0.3 is 11.9 Å². The molecule has 0 aliphatic rings. The van der Waals surface area contributed by atoms with Crippen LogP contribution in [0.4, 0.5) is 5.69 Å². The number of hydrogen-bond donors (Lipinski definition) is 3. The van der Waals surface area contributed by atoms with Gasteiger partial charge in [0, 0.05) is 6.54 Å². The molecule has 0 amide bonds. The number of carboxylic acids is 1. The number of rotatable bonds is 10. The number of anilines is 1. The monoisotopic (exact) mass is 436 g/mol. The zero-order valence-electron chi connectivity index (χ0n) is 16.6. The maximum Gasteiger partial charge on any atom is 0.344 e. The zero-order valence-corrected chi connectivity index (χ0v) is 17.4. The maximum atomic E-state index is 12.4. The van der Waals surface area contributed by atoms with Gasteiger partial charge in [0.15, 0.2) is 11.9 Å². The Morgan fingerprint density at radius 2 is 1.87 bits per heavy atom. The molecule has 2 aromatic carbocycles.